The van der Waals surface area contributed by atoms with Crippen LogP contribution in [0.25, 0.3) is 0 Å². The Bertz CT molecular complexity index is 254. The SMILES string of the molecule is C[C@H](N)CN(C)Cc1cnn(C)c1. The molecular weight excluding hydrogens is 164 g/mol. The van der Waals surface area contributed by atoms with Crippen molar-refractivity contribution in [3.8, 4) is 0 Å². The van der Waals surface area contributed by atoms with Crippen molar-refractivity contribution in [1.29, 1.82) is 0 Å². The van der Waals surface area contributed by atoms with Crippen LogP contribution in [0.1, 0.15) is 12.5 Å². The summed E-state index contributed by atoms with van der Waals surface area (Å²) in [5.41, 5.74) is 6.92. The molecule has 0 aliphatic heterocycles. The van der Waals surface area contributed by atoms with Gasteiger partial charge < -0.3 is 10.6 Å². The van der Waals surface area contributed by atoms with Crippen LogP contribution in [0.4, 0.5) is 0 Å². The second-order valence-electron chi connectivity index (χ2n) is 3.70. The van der Waals surface area contributed by atoms with Crippen LogP contribution in [-0.2, 0) is 13.6 Å². The summed E-state index contributed by atoms with van der Waals surface area (Å²) in [6.07, 6.45) is 3.91. The molecule has 0 bridgehead atoms. The Morgan fingerprint density at radius 2 is 2.38 bits per heavy atom. The topological polar surface area (TPSA) is 47.1 Å². The zero-order valence-corrected chi connectivity index (χ0v) is 8.57. The molecule has 0 radical (unpaired) electrons. The first kappa shape index (κ1) is 10.2. The summed E-state index contributed by atoms with van der Waals surface area (Å²) in [6, 6.07) is 0.224. The largest absolute Gasteiger partial charge is 0.327 e. The van der Waals surface area contributed by atoms with Gasteiger partial charge in [-0.1, -0.05) is 0 Å². The molecule has 4 heteroatoms. The van der Waals surface area contributed by atoms with Crippen molar-refractivity contribution in [2.75, 3.05) is 13.6 Å². The van der Waals surface area contributed by atoms with E-state index in [1.54, 1.807) is 0 Å². The van der Waals surface area contributed by atoms with Gasteiger partial charge in [-0.05, 0) is 14.0 Å². The molecule has 1 heterocycles. The molecular formula is C9H18N4. The molecule has 0 spiro atoms. The van der Waals surface area contributed by atoms with Crippen molar-refractivity contribution in [2.45, 2.75) is 19.5 Å². The van der Waals surface area contributed by atoms with Crippen molar-refractivity contribution in [1.82, 2.24) is 14.7 Å². The number of aromatic nitrogens is 2. The number of hydrogen-bond acceptors (Lipinski definition) is 3. The third kappa shape index (κ3) is 3.57. The van der Waals surface area contributed by atoms with E-state index in [9.17, 15) is 0 Å². The molecule has 1 rings (SSSR count). The molecule has 0 amide bonds. The van der Waals surface area contributed by atoms with Gasteiger partial charge in [-0.3, -0.25) is 4.68 Å². The van der Waals surface area contributed by atoms with Crippen molar-refractivity contribution in [3.05, 3.63) is 18.0 Å². The first-order valence-electron chi connectivity index (χ1n) is 4.49. The van der Waals surface area contributed by atoms with E-state index in [4.69, 9.17) is 5.73 Å². The van der Waals surface area contributed by atoms with Gasteiger partial charge in [0.25, 0.3) is 0 Å². The van der Waals surface area contributed by atoms with Gasteiger partial charge in [-0.25, -0.2) is 0 Å². The molecule has 0 saturated carbocycles. The maximum atomic E-state index is 5.69. The standard InChI is InChI=1S/C9H18N4/c1-8(10)5-12(2)6-9-4-11-13(3)7-9/h4,7-8H,5-6,10H2,1-3H3/t8-/m0/s1. The summed E-state index contributed by atoms with van der Waals surface area (Å²) in [7, 11) is 3.99. The maximum Gasteiger partial charge on any atom is 0.0534 e. The van der Waals surface area contributed by atoms with Crippen LogP contribution < -0.4 is 5.73 Å². The lowest BCUT2D eigenvalue weighted by atomic mass is 10.3. The molecule has 0 unspecified atom stereocenters. The summed E-state index contributed by atoms with van der Waals surface area (Å²) in [6.45, 7) is 3.84. The lowest BCUT2D eigenvalue weighted by Crippen LogP contribution is -2.32. The lowest BCUT2D eigenvalue weighted by Gasteiger charge is -2.17. The summed E-state index contributed by atoms with van der Waals surface area (Å²) < 4.78 is 1.81. The minimum Gasteiger partial charge on any atom is -0.327 e. The van der Waals surface area contributed by atoms with Crippen molar-refractivity contribution in [2.24, 2.45) is 12.8 Å². The van der Waals surface area contributed by atoms with Crippen LogP contribution in [0.3, 0.4) is 0 Å². The molecule has 0 aliphatic rings. The second-order valence-corrected chi connectivity index (χ2v) is 3.70. The average molecular weight is 182 g/mol. The van der Waals surface area contributed by atoms with Gasteiger partial charge in [-0.2, -0.15) is 5.10 Å². The highest BCUT2D eigenvalue weighted by atomic mass is 15.2. The second kappa shape index (κ2) is 4.39. The Morgan fingerprint density at radius 3 is 2.85 bits per heavy atom. The summed E-state index contributed by atoms with van der Waals surface area (Å²) >= 11 is 0. The normalized spacial score (nSPS) is 13.6. The van der Waals surface area contributed by atoms with Crippen LogP contribution in [-0.4, -0.2) is 34.3 Å². The van der Waals surface area contributed by atoms with Gasteiger partial charge in [-0.15, -0.1) is 0 Å². The third-order valence-electron chi connectivity index (χ3n) is 1.81. The number of rotatable bonds is 4. The maximum absolute atomic E-state index is 5.69. The van der Waals surface area contributed by atoms with E-state index in [1.807, 2.05) is 31.0 Å². The van der Waals surface area contributed by atoms with Gasteiger partial charge in [0.05, 0.1) is 6.20 Å². The van der Waals surface area contributed by atoms with Crippen LogP contribution in [0.5, 0.6) is 0 Å². The molecule has 4 nitrogen and oxygen atoms in total. The molecule has 0 aliphatic carbocycles. The molecule has 0 aromatic carbocycles. The van der Waals surface area contributed by atoms with Crippen LogP contribution in [0, 0.1) is 0 Å². The Morgan fingerprint density at radius 1 is 1.69 bits per heavy atom. The molecule has 13 heavy (non-hydrogen) atoms. The zero-order valence-electron chi connectivity index (χ0n) is 8.57. The highest BCUT2D eigenvalue weighted by molar-refractivity contribution is 5.02. The number of nitrogens with two attached hydrogens (primary N) is 1. The van der Waals surface area contributed by atoms with E-state index in [2.05, 4.69) is 17.0 Å². The van der Waals surface area contributed by atoms with Crippen LogP contribution in [0.2, 0.25) is 0 Å². The highest BCUT2D eigenvalue weighted by Gasteiger charge is 2.03. The molecule has 2 N–H and O–H groups in total. The summed E-state index contributed by atoms with van der Waals surface area (Å²) in [5, 5.41) is 4.11. The predicted octanol–water partition coefficient (Wildman–Crippen LogP) is 0.199. The lowest BCUT2D eigenvalue weighted by molar-refractivity contribution is 0.310. The number of nitrogens with zero attached hydrogens (tertiary/aromatic N) is 3. The molecule has 74 valence electrons. The van der Waals surface area contributed by atoms with E-state index >= 15 is 0 Å². The highest BCUT2D eigenvalue weighted by Crippen LogP contribution is 2.00. The third-order valence-corrected chi connectivity index (χ3v) is 1.81. The van der Waals surface area contributed by atoms with Gasteiger partial charge in [0, 0.05) is 37.9 Å². The fourth-order valence-electron chi connectivity index (χ4n) is 1.42. The fraction of sp³-hybridized carbons (Fsp3) is 0.667. The summed E-state index contributed by atoms with van der Waals surface area (Å²) in [4.78, 5) is 2.20. The number of aryl methyl sites for hydroxylation is 1. The fourth-order valence-corrected chi connectivity index (χ4v) is 1.42. The number of hydrogen-bond donors (Lipinski definition) is 1. The first-order chi connectivity index (χ1) is 6.08. The van der Waals surface area contributed by atoms with E-state index in [0.717, 1.165) is 13.1 Å². The first-order valence-corrected chi connectivity index (χ1v) is 4.49. The minimum atomic E-state index is 0.224. The molecule has 0 saturated heterocycles. The van der Waals surface area contributed by atoms with Gasteiger partial charge in [0.1, 0.15) is 0 Å². The Hall–Kier alpha value is -0.870. The number of likely N-dealkylation sites (N-methyl/N-ethyl adjacent to an activating group) is 1. The molecule has 1 aromatic rings. The van der Waals surface area contributed by atoms with Gasteiger partial charge >= 0.3 is 0 Å². The van der Waals surface area contributed by atoms with Crippen LogP contribution >= 0.6 is 0 Å². The van der Waals surface area contributed by atoms with E-state index < -0.39 is 0 Å². The molecule has 0 fully saturated rings. The van der Waals surface area contributed by atoms with Crippen molar-refractivity contribution < 1.29 is 0 Å². The van der Waals surface area contributed by atoms with Crippen LogP contribution in [0.15, 0.2) is 12.4 Å². The Balaban J connectivity index is 2.40. The Kier molecular flexibility index (Phi) is 3.45. The van der Waals surface area contributed by atoms with E-state index in [-0.39, 0.29) is 6.04 Å². The monoisotopic (exact) mass is 182 g/mol. The molecule has 1 aromatic heterocycles. The Labute approximate surface area is 79.3 Å². The minimum absolute atomic E-state index is 0.224. The van der Waals surface area contributed by atoms with Crippen molar-refractivity contribution in [3.63, 3.8) is 0 Å². The smallest absolute Gasteiger partial charge is 0.0534 e. The quantitative estimate of drug-likeness (QED) is 0.723. The predicted molar refractivity (Wildman–Crippen MR) is 53.2 cm³/mol. The average Bonchev–Trinajstić information content (AvgIpc) is 2.33. The molecule has 1 atom stereocenters. The van der Waals surface area contributed by atoms with Crippen molar-refractivity contribution >= 4 is 0 Å². The van der Waals surface area contributed by atoms with E-state index in [0.29, 0.717) is 0 Å². The van der Waals surface area contributed by atoms with Gasteiger partial charge in [0.15, 0.2) is 0 Å². The summed E-state index contributed by atoms with van der Waals surface area (Å²) in [5.74, 6) is 0. The van der Waals surface area contributed by atoms with E-state index in [1.165, 1.54) is 5.56 Å². The van der Waals surface area contributed by atoms with Gasteiger partial charge in [0.2, 0.25) is 0 Å². The zero-order chi connectivity index (χ0) is 9.84.